The molecule has 0 bridgehead atoms. The summed E-state index contributed by atoms with van der Waals surface area (Å²) < 4.78 is 0. The van der Waals surface area contributed by atoms with Crippen LogP contribution in [0.2, 0.25) is 0 Å². The largest absolute Gasteiger partial charge is 0.328 e. The molecular formula is C14H16N2S. The van der Waals surface area contributed by atoms with Gasteiger partial charge in [-0.05, 0) is 25.7 Å². The van der Waals surface area contributed by atoms with Crippen LogP contribution in [0.25, 0.3) is 10.6 Å². The topological polar surface area (TPSA) is 38.9 Å². The maximum atomic E-state index is 5.86. The van der Waals surface area contributed by atoms with E-state index < -0.39 is 0 Å². The van der Waals surface area contributed by atoms with Crippen molar-refractivity contribution in [2.24, 2.45) is 5.73 Å². The van der Waals surface area contributed by atoms with Gasteiger partial charge in [-0.25, -0.2) is 4.98 Å². The number of aryl methyl sites for hydroxylation is 1. The summed E-state index contributed by atoms with van der Waals surface area (Å²) in [5.74, 6) is 0.653. The summed E-state index contributed by atoms with van der Waals surface area (Å²) in [6.45, 7) is 2.11. The molecule has 1 aromatic heterocycles. The van der Waals surface area contributed by atoms with E-state index in [4.69, 9.17) is 5.73 Å². The minimum Gasteiger partial charge on any atom is -0.328 e. The number of nitrogens with zero attached hydrogens (tertiary/aromatic N) is 1. The van der Waals surface area contributed by atoms with Crippen LogP contribution < -0.4 is 5.73 Å². The Kier molecular flexibility index (Phi) is 2.73. The second-order valence-electron chi connectivity index (χ2n) is 4.76. The number of hydrogen-bond acceptors (Lipinski definition) is 3. The van der Waals surface area contributed by atoms with Gasteiger partial charge in [-0.1, -0.05) is 30.3 Å². The Labute approximate surface area is 106 Å². The average Bonchev–Trinajstić information content (AvgIpc) is 2.68. The van der Waals surface area contributed by atoms with Gasteiger partial charge in [-0.15, -0.1) is 11.3 Å². The molecule has 0 atom stereocenters. The second kappa shape index (κ2) is 4.24. The number of rotatable bonds is 2. The molecule has 3 heteroatoms. The summed E-state index contributed by atoms with van der Waals surface area (Å²) in [6, 6.07) is 10.8. The first-order valence-electron chi connectivity index (χ1n) is 6.02. The standard InChI is InChI=1S/C14H16N2S/c1-9-13(11-7-12(15)8-11)17-14(16-9)10-5-3-2-4-6-10/h2-6,11-12H,7-8,15H2,1H3. The SMILES string of the molecule is Cc1nc(-c2ccccc2)sc1C1CC(N)C1. The lowest BCUT2D eigenvalue weighted by atomic mass is 9.79. The van der Waals surface area contributed by atoms with E-state index in [9.17, 15) is 0 Å². The van der Waals surface area contributed by atoms with Gasteiger partial charge >= 0.3 is 0 Å². The van der Waals surface area contributed by atoms with E-state index in [2.05, 4.69) is 36.2 Å². The molecule has 1 heterocycles. The zero-order valence-corrected chi connectivity index (χ0v) is 10.7. The zero-order valence-electron chi connectivity index (χ0n) is 9.89. The van der Waals surface area contributed by atoms with Crippen LogP contribution in [0.1, 0.15) is 29.3 Å². The predicted octanol–water partition coefficient (Wildman–Crippen LogP) is 3.32. The van der Waals surface area contributed by atoms with Crippen LogP contribution in [0.5, 0.6) is 0 Å². The van der Waals surface area contributed by atoms with E-state index in [1.807, 2.05) is 17.4 Å². The normalized spacial score (nSPS) is 23.4. The van der Waals surface area contributed by atoms with Crippen LogP contribution in [0.4, 0.5) is 0 Å². The third kappa shape index (κ3) is 2.01. The Balaban J connectivity index is 1.91. The second-order valence-corrected chi connectivity index (χ2v) is 5.79. The first-order chi connectivity index (χ1) is 8.24. The van der Waals surface area contributed by atoms with Gasteiger partial charge in [-0.2, -0.15) is 0 Å². The molecule has 17 heavy (non-hydrogen) atoms. The summed E-state index contributed by atoms with van der Waals surface area (Å²) in [5, 5.41) is 1.14. The Morgan fingerprint density at radius 3 is 2.59 bits per heavy atom. The number of benzene rings is 1. The Hall–Kier alpha value is -1.19. The van der Waals surface area contributed by atoms with Crippen molar-refractivity contribution < 1.29 is 0 Å². The van der Waals surface area contributed by atoms with Crippen molar-refractivity contribution in [2.45, 2.75) is 31.7 Å². The van der Waals surface area contributed by atoms with Gasteiger partial charge in [0.2, 0.25) is 0 Å². The Morgan fingerprint density at radius 2 is 1.94 bits per heavy atom. The van der Waals surface area contributed by atoms with Crippen LogP contribution in [0, 0.1) is 6.92 Å². The van der Waals surface area contributed by atoms with Gasteiger partial charge in [0.1, 0.15) is 5.01 Å². The third-order valence-electron chi connectivity index (χ3n) is 3.40. The summed E-state index contributed by atoms with van der Waals surface area (Å²) >= 11 is 1.83. The fourth-order valence-electron chi connectivity index (χ4n) is 2.37. The first-order valence-corrected chi connectivity index (χ1v) is 6.84. The fraction of sp³-hybridized carbons (Fsp3) is 0.357. The summed E-state index contributed by atoms with van der Waals surface area (Å²) in [6.07, 6.45) is 2.24. The molecule has 0 unspecified atom stereocenters. The van der Waals surface area contributed by atoms with E-state index in [0.717, 1.165) is 17.8 Å². The summed E-state index contributed by atoms with van der Waals surface area (Å²) in [5.41, 5.74) is 8.26. The zero-order chi connectivity index (χ0) is 11.8. The average molecular weight is 244 g/mol. The van der Waals surface area contributed by atoms with Crippen molar-refractivity contribution in [1.29, 1.82) is 0 Å². The van der Waals surface area contributed by atoms with Crippen LogP contribution >= 0.6 is 11.3 Å². The van der Waals surface area contributed by atoms with E-state index >= 15 is 0 Å². The molecule has 2 N–H and O–H groups in total. The van der Waals surface area contributed by atoms with Crippen LogP contribution in [-0.2, 0) is 0 Å². The molecule has 0 saturated heterocycles. The number of aromatic nitrogens is 1. The molecular weight excluding hydrogens is 228 g/mol. The maximum Gasteiger partial charge on any atom is 0.123 e. The predicted molar refractivity (Wildman–Crippen MR) is 72.2 cm³/mol. The van der Waals surface area contributed by atoms with E-state index in [0.29, 0.717) is 12.0 Å². The maximum absolute atomic E-state index is 5.86. The molecule has 0 spiro atoms. The molecule has 0 amide bonds. The summed E-state index contributed by atoms with van der Waals surface area (Å²) in [4.78, 5) is 6.12. The third-order valence-corrected chi connectivity index (χ3v) is 4.77. The highest BCUT2D eigenvalue weighted by Crippen LogP contribution is 2.42. The highest BCUT2D eigenvalue weighted by atomic mass is 32.1. The fourth-order valence-corrected chi connectivity index (χ4v) is 3.56. The first kappa shape index (κ1) is 10.9. The molecule has 1 aliphatic carbocycles. The smallest absolute Gasteiger partial charge is 0.123 e. The molecule has 1 aliphatic rings. The minimum absolute atomic E-state index is 0.404. The van der Waals surface area contributed by atoms with Crippen molar-refractivity contribution in [3.05, 3.63) is 40.9 Å². The molecule has 2 nitrogen and oxygen atoms in total. The van der Waals surface area contributed by atoms with Gasteiger partial charge in [0.05, 0.1) is 5.69 Å². The molecule has 88 valence electrons. The van der Waals surface area contributed by atoms with Gasteiger partial charge < -0.3 is 5.73 Å². The lowest BCUT2D eigenvalue weighted by molar-refractivity contribution is 0.354. The highest BCUT2D eigenvalue weighted by molar-refractivity contribution is 7.15. The number of hydrogen-bond donors (Lipinski definition) is 1. The van der Waals surface area contributed by atoms with Gasteiger partial charge in [0, 0.05) is 16.5 Å². The molecule has 1 saturated carbocycles. The van der Waals surface area contributed by atoms with Crippen LogP contribution in [0.15, 0.2) is 30.3 Å². The van der Waals surface area contributed by atoms with Crippen LogP contribution in [0.3, 0.4) is 0 Å². The molecule has 0 aliphatic heterocycles. The van der Waals surface area contributed by atoms with Gasteiger partial charge in [0.15, 0.2) is 0 Å². The van der Waals surface area contributed by atoms with Crippen molar-refractivity contribution in [2.75, 3.05) is 0 Å². The van der Waals surface area contributed by atoms with E-state index in [1.54, 1.807) is 0 Å². The number of thiazole rings is 1. The monoisotopic (exact) mass is 244 g/mol. The molecule has 1 fully saturated rings. The van der Waals surface area contributed by atoms with Crippen molar-refractivity contribution >= 4 is 11.3 Å². The quantitative estimate of drug-likeness (QED) is 0.880. The molecule has 3 rings (SSSR count). The Morgan fingerprint density at radius 1 is 1.24 bits per heavy atom. The van der Waals surface area contributed by atoms with Crippen molar-refractivity contribution in [1.82, 2.24) is 4.98 Å². The van der Waals surface area contributed by atoms with Crippen LogP contribution in [-0.4, -0.2) is 11.0 Å². The number of nitrogens with two attached hydrogens (primary N) is 1. The van der Waals surface area contributed by atoms with Crippen molar-refractivity contribution in [3.63, 3.8) is 0 Å². The van der Waals surface area contributed by atoms with Gasteiger partial charge in [-0.3, -0.25) is 0 Å². The van der Waals surface area contributed by atoms with Crippen molar-refractivity contribution in [3.8, 4) is 10.6 Å². The molecule has 0 radical (unpaired) electrons. The van der Waals surface area contributed by atoms with E-state index in [1.165, 1.54) is 16.1 Å². The highest BCUT2D eigenvalue weighted by Gasteiger charge is 2.30. The summed E-state index contributed by atoms with van der Waals surface area (Å²) in [7, 11) is 0. The van der Waals surface area contributed by atoms with Gasteiger partial charge in [0.25, 0.3) is 0 Å². The molecule has 2 aromatic rings. The lowest BCUT2D eigenvalue weighted by Gasteiger charge is -2.31. The minimum atomic E-state index is 0.404. The lowest BCUT2D eigenvalue weighted by Crippen LogP contribution is -2.34. The Bertz CT molecular complexity index is 512. The van der Waals surface area contributed by atoms with E-state index in [-0.39, 0.29) is 0 Å². The molecule has 1 aromatic carbocycles.